The standard InChI is InChI=1S/C12H18BrN3OS/c1-8(7-18-3)16(2)11-5-4-9(13)6-10(11)12(14)15-17/h4-6,8,17H,7H2,1-3H3,(H2,14,15). The van der Waals surface area contributed by atoms with E-state index in [1.165, 1.54) is 0 Å². The average Bonchev–Trinajstić information content (AvgIpc) is 2.37. The smallest absolute Gasteiger partial charge is 0.172 e. The molecule has 6 heteroatoms. The predicted octanol–water partition coefficient (Wildman–Crippen LogP) is 2.73. The van der Waals surface area contributed by atoms with Gasteiger partial charge in [-0.05, 0) is 31.4 Å². The second-order valence-electron chi connectivity index (χ2n) is 4.06. The van der Waals surface area contributed by atoms with Crippen LogP contribution in [0.4, 0.5) is 5.69 Å². The Morgan fingerprint density at radius 3 is 2.83 bits per heavy atom. The van der Waals surface area contributed by atoms with E-state index in [1.54, 1.807) is 11.8 Å². The number of anilines is 1. The largest absolute Gasteiger partial charge is 0.409 e. The van der Waals surface area contributed by atoms with Crippen LogP contribution >= 0.6 is 27.7 Å². The summed E-state index contributed by atoms with van der Waals surface area (Å²) in [6.45, 7) is 2.15. The molecule has 0 saturated heterocycles. The quantitative estimate of drug-likeness (QED) is 0.377. The van der Waals surface area contributed by atoms with Gasteiger partial charge in [0.2, 0.25) is 0 Å². The molecule has 18 heavy (non-hydrogen) atoms. The van der Waals surface area contributed by atoms with Gasteiger partial charge in [0.05, 0.1) is 0 Å². The summed E-state index contributed by atoms with van der Waals surface area (Å²) in [4.78, 5) is 2.14. The van der Waals surface area contributed by atoms with E-state index in [9.17, 15) is 0 Å². The van der Waals surface area contributed by atoms with Crippen LogP contribution in [0.15, 0.2) is 27.8 Å². The number of rotatable bonds is 5. The van der Waals surface area contributed by atoms with Gasteiger partial charge >= 0.3 is 0 Å². The van der Waals surface area contributed by atoms with Crippen LogP contribution in [0.3, 0.4) is 0 Å². The van der Waals surface area contributed by atoms with E-state index in [1.807, 2.05) is 25.2 Å². The highest BCUT2D eigenvalue weighted by Gasteiger charge is 2.15. The topological polar surface area (TPSA) is 61.8 Å². The van der Waals surface area contributed by atoms with Gasteiger partial charge in [-0.2, -0.15) is 11.8 Å². The Hall–Kier alpha value is -0.880. The minimum absolute atomic E-state index is 0.120. The maximum Gasteiger partial charge on any atom is 0.172 e. The number of hydrogen-bond donors (Lipinski definition) is 2. The molecule has 1 aromatic rings. The van der Waals surface area contributed by atoms with Crippen molar-refractivity contribution in [1.29, 1.82) is 0 Å². The number of hydrogen-bond acceptors (Lipinski definition) is 4. The minimum Gasteiger partial charge on any atom is -0.409 e. The fraction of sp³-hybridized carbons (Fsp3) is 0.417. The summed E-state index contributed by atoms with van der Waals surface area (Å²) in [6.07, 6.45) is 2.08. The second-order valence-corrected chi connectivity index (χ2v) is 5.89. The van der Waals surface area contributed by atoms with Gasteiger partial charge in [-0.15, -0.1) is 0 Å². The van der Waals surface area contributed by atoms with Crippen LogP contribution in [0, 0.1) is 0 Å². The van der Waals surface area contributed by atoms with Crippen LogP contribution in [0.25, 0.3) is 0 Å². The zero-order chi connectivity index (χ0) is 13.7. The molecule has 0 aliphatic rings. The molecule has 100 valence electrons. The number of nitrogens with two attached hydrogens (primary N) is 1. The predicted molar refractivity (Wildman–Crippen MR) is 82.9 cm³/mol. The van der Waals surface area contributed by atoms with E-state index < -0.39 is 0 Å². The minimum atomic E-state index is 0.120. The van der Waals surface area contributed by atoms with E-state index in [4.69, 9.17) is 10.9 Å². The van der Waals surface area contributed by atoms with Crippen molar-refractivity contribution in [1.82, 2.24) is 0 Å². The number of nitrogens with zero attached hydrogens (tertiary/aromatic N) is 2. The summed E-state index contributed by atoms with van der Waals surface area (Å²) in [5.41, 5.74) is 7.40. The van der Waals surface area contributed by atoms with Gasteiger partial charge in [-0.3, -0.25) is 0 Å². The summed E-state index contributed by atoms with van der Waals surface area (Å²) in [5.74, 6) is 1.14. The lowest BCUT2D eigenvalue weighted by Crippen LogP contribution is -2.32. The van der Waals surface area contributed by atoms with Crippen molar-refractivity contribution in [2.75, 3.05) is 24.0 Å². The molecule has 1 rings (SSSR count). The van der Waals surface area contributed by atoms with Gasteiger partial charge in [0, 0.05) is 34.6 Å². The Morgan fingerprint density at radius 2 is 2.28 bits per heavy atom. The molecule has 0 aliphatic heterocycles. The van der Waals surface area contributed by atoms with E-state index in [0.717, 1.165) is 21.5 Å². The van der Waals surface area contributed by atoms with Crippen LogP contribution in [0.5, 0.6) is 0 Å². The Bertz CT molecular complexity index is 439. The lowest BCUT2D eigenvalue weighted by Gasteiger charge is -2.28. The first-order valence-electron chi connectivity index (χ1n) is 5.50. The van der Waals surface area contributed by atoms with E-state index in [-0.39, 0.29) is 5.84 Å². The van der Waals surface area contributed by atoms with Crippen molar-refractivity contribution >= 4 is 39.2 Å². The summed E-state index contributed by atoms with van der Waals surface area (Å²) in [6, 6.07) is 6.14. The number of oxime groups is 1. The lowest BCUT2D eigenvalue weighted by molar-refractivity contribution is 0.318. The number of halogens is 1. The molecule has 0 heterocycles. The van der Waals surface area contributed by atoms with Gasteiger partial charge < -0.3 is 15.8 Å². The van der Waals surface area contributed by atoms with Gasteiger partial charge in [0.1, 0.15) is 0 Å². The highest BCUT2D eigenvalue weighted by molar-refractivity contribution is 9.10. The molecule has 0 bridgehead atoms. The van der Waals surface area contributed by atoms with Crippen LogP contribution in [-0.4, -0.2) is 36.1 Å². The number of thioether (sulfide) groups is 1. The molecule has 0 amide bonds. The first kappa shape index (κ1) is 15.2. The van der Waals surface area contributed by atoms with Crippen molar-refractivity contribution in [2.45, 2.75) is 13.0 Å². The molecule has 1 atom stereocenters. The molecular formula is C12H18BrN3OS. The van der Waals surface area contributed by atoms with Crippen LogP contribution < -0.4 is 10.6 Å². The maximum absolute atomic E-state index is 8.85. The van der Waals surface area contributed by atoms with Crippen LogP contribution in [0.2, 0.25) is 0 Å². The third-order valence-electron chi connectivity index (χ3n) is 2.79. The lowest BCUT2D eigenvalue weighted by atomic mass is 10.1. The van der Waals surface area contributed by atoms with E-state index >= 15 is 0 Å². The fourth-order valence-electron chi connectivity index (χ4n) is 1.67. The Labute approximate surface area is 120 Å². The Kier molecular flexibility index (Phi) is 5.81. The molecule has 0 aromatic heterocycles. The third-order valence-corrected chi connectivity index (χ3v) is 4.10. The molecule has 0 fully saturated rings. The highest BCUT2D eigenvalue weighted by Crippen LogP contribution is 2.25. The number of amidine groups is 1. The van der Waals surface area contributed by atoms with Crippen molar-refractivity contribution in [3.05, 3.63) is 28.2 Å². The van der Waals surface area contributed by atoms with Crippen molar-refractivity contribution in [3.63, 3.8) is 0 Å². The fourth-order valence-corrected chi connectivity index (χ4v) is 2.73. The number of benzene rings is 1. The van der Waals surface area contributed by atoms with Crippen LogP contribution in [-0.2, 0) is 0 Å². The molecular weight excluding hydrogens is 314 g/mol. The third kappa shape index (κ3) is 3.55. The molecule has 3 N–H and O–H groups in total. The Balaban J connectivity index is 3.15. The summed E-state index contributed by atoms with van der Waals surface area (Å²) in [5, 5.41) is 11.9. The first-order valence-corrected chi connectivity index (χ1v) is 7.69. The van der Waals surface area contributed by atoms with Crippen LogP contribution in [0.1, 0.15) is 12.5 Å². The van der Waals surface area contributed by atoms with Crippen molar-refractivity contribution in [2.24, 2.45) is 10.9 Å². The molecule has 1 unspecified atom stereocenters. The molecule has 0 spiro atoms. The van der Waals surface area contributed by atoms with E-state index in [0.29, 0.717) is 6.04 Å². The Morgan fingerprint density at radius 1 is 1.61 bits per heavy atom. The normalized spacial score (nSPS) is 13.4. The average molecular weight is 332 g/mol. The summed E-state index contributed by atoms with van der Waals surface area (Å²) >= 11 is 5.19. The van der Waals surface area contributed by atoms with Crippen molar-refractivity contribution in [3.8, 4) is 0 Å². The monoisotopic (exact) mass is 331 g/mol. The summed E-state index contributed by atoms with van der Waals surface area (Å²) in [7, 11) is 2.01. The molecule has 4 nitrogen and oxygen atoms in total. The molecule has 0 saturated carbocycles. The highest BCUT2D eigenvalue weighted by atomic mass is 79.9. The zero-order valence-electron chi connectivity index (χ0n) is 10.7. The molecule has 0 radical (unpaired) electrons. The van der Waals surface area contributed by atoms with Gasteiger partial charge in [0.15, 0.2) is 5.84 Å². The van der Waals surface area contributed by atoms with Gasteiger partial charge in [-0.1, -0.05) is 21.1 Å². The molecule has 0 aliphatic carbocycles. The maximum atomic E-state index is 8.85. The SMILES string of the molecule is CSCC(C)N(C)c1ccc(Br)cc1/C(N)=N/O. The summed E-state index contributed by atoms with van der Waals surface area (Å²) < 4.78 is 0.902. The zero-order valence-corrected chi connectivity index (χ0v) is 13.1. The van der Waals surface area contributed by atoms with Gasteiger partial charge in [0.25, 0.3) is 0 Å². The second kappa shape index (κ2) is 6.89. The molecule has 1 aromatic carbocycles. The first-order chi connectivity index (χ1) is 8.51. The van der Waals surface area contributed by atoms with E-state index in [2.05, 4.69) is 39.2 Å². The van der Waals surface area contributed by atoms with Gasteiger partial charge in [-0.25, -0.2) is 0 Å². The van der Waals surface area contributed by atoms with Crippen molar-refractivity contribution < 1.29 is 5.21 Å².